The van der Waals surface area contributed by atoms with Crippen molar-refractivity contribution in [1.29, 1.82) is 0 Å². The number of esters is 2. The third-order valence-electron chi connectivity index (χ3n) is 7.77. The minimum atomic E-state index is -0.521. The van der Waals surface area contributed by atoms with Crippen LogP contribution in [0.25, 0.3) is 0 Å². The molecule has 0 radical (unpaired) electrons. The standard InChI is InChI=1S/C35H35F2N3O4.ClH/c1-2-43-34(41)27-11-17-30(18-12-27)44-35(42)32-5-3-19-38-33(32)40-23-21-39(22-24-40)20-4-6-31(25-7-13-28(36)14-8-25)26-9-15-29(37)16-10-26;/h3,5,7-19,31H,2,4,6,20-24H2,1H3;1H. The SMILES string of the molecule is CCOC(=O)c1ccc(OC(=O)c2cccnc2N2CCN(CCCC(c3ccc(F)cc3)c3ccc(F)cc3)CC2)cc1.Cl. The van der Waals surface area contributed by atoms with Crippen molar-refractivity contribution in [2.45, 2.75) is 25.7 Å². The summed E-state index contributed by atoms with van der Waals surface area (Å²) >= 11 is 0. The number of hydrogen-bond acceptors (Lipinski definition) is 7. The Hall–Kier alpha value is -4.34. The number of carbonyl (C=O) groups is 2. The van der Waals surface area contributed by atoms with Gasteiger partial charge in [0, 0.05) is 38.3 Å². The Morgan fingerprint density at radius 2 is 1.42 bits per heavy atom. The zero-order chi connectivity index (χ0) is 30.9. The van der Waals surface area contributed by atoms with Gasteiger partial charge in [0.2, 0.25) is 0 Å². The van der Waals surface area contributed by atoms with Gasteiger partial charge < -0.3 is 14.4 Å². The highest BCUT2D eigenvalue weighted by Crippen LogP contribution is 2.30. The fraction of sp³-hybridized carbons (Fsp3) is 0.286. The van der Waals surface area contributed by atoms with Gasteiger partial charge in [0.15, 0.2) is 0 Å². The van der Waals surface area contributed by atoms with Crippen LogP contribution < -0.4 is 9.64 Å². The first-order chi connectivity index (χ1) is 21.4. The van der Waals surface area contributed by atoms with Gasteiger partial charge in [0.05, 0.1) is 12.2 Å². The van der Waals surface area contributed by atoms with Gasteiger partial charge in [-0.3, -0.25) is 4.90 Å². The molecule has 236 valence electrons. The molecule has 1 aromatic heterocycles. The Morgan fingerprint density at radius 1 is 0.822 bits per heavy atom. The van der Waals surface area contributed by atoms with Crippen molar-refractivity contribution in [1.82, 2.24) is 9.88 Å². The molecule has 7 nitrogen and oxygen atoms in total. The van der Waals surface area contributed by atoms with Gasteiger partial charge in [-0.15, -0.1) is 12.4 Å². The van der Waals surface area contributed by atoms with Crippen LogP contribution in [0, 0.1) is 11.6 Å². The van der Waals surface area contributed by atoms with Crippen LogP contribution in [0.5, 0.6) is 5.75 Å². The average molecular weight is 636 g/mol. The summed E-state index contributed by atoms with van der Waals surface area (Å²) in [5.74, 6) is -0.570. The van der Waals surface area contributed by atoms with E-state index in [2.05, 4.69) is 14.8 Å². The quantitative estimate of drug-likeness (QED) is 0.131. The lowest BCUT2D eigenvalue weighted by molar-refractivity contribution is 0.0526. The van der Waals surface area contributed by atoms with E-state index in [0.717, 1.165) is 43.6 Å². The first-order valence-corrected chi connectivity index (χ1v) is 14.8. The predicted molar refractivity (Wildman–Crippen MR) is 171 cm³/mol. The van der Waals surface area contributed by atoms with Crippen LogP contribution in [0.15, 0.2) is 91.1 Å². The maximum atomic E-state index is 13.6. The molecule has 45 heavy (non-hydrogen) atoms. The molecule has 1 fully saturated rings. The molecule has 0 aliphatic carbocycles. The fourth-order valence-electron chi connectivity index (χ4n) is 5.46. The van der Waals surface area contributed by atoms with E-state index < -0.39 is 11.9 Å². The second-order valence-corrected chi connectivity index (χ2v) is 10.6. The fourth-order valence-corrected chi connectivity index (χ4v) is 5.46. The lowest BCUT2D eigenvalue weighted by Gasteiger charge is -2.36. The molecule has 0 spiro atoms. The zero-order valence-electron chi connectivity index (χ0n) is 25.0. The summed E-state index contributed by atoms with van der Waals surface area (Å²) in [4.78, 5) is 34.0. The second-order valence-electron chi connectivity index (χ2n) is 10.6. The lowest BCUT2D eigenvalue weighted by atomic mass is 9.87. The first kappa shape index (κ1) is 33.6. The van der Waals surface area contributed by atoms with Crippen molar-refractivity contribution in [2.75, 3.05) is 44.2 Å². The molecule has 0 saturated carbocycles. The molecule has 1 saturated heterocycles. The van der Waals surface area contributed by atoms with Gasteiger partial charge in [-0.25, -0.2) is 23.4 Å². The number of benzene rings is 3. The summed E-state index contributed by atoms with van der Waals surface area (Å²) in [6.07, 6.45) is 3.42. The maximum Gasteiger partial charge on any atom is 0.347 e. The Morgan fingerprint density at radius 3 is 2.00 bits per heavy atom. The number of rotatable bonds is 11. The Balaban J connectivity index is 0.00000461. The molecule has 4 aromatic rings. The summed E-state index contributed by atoms with van der Waals surface area (Å²) in [6, 6.07) is 22.7. The molecule has 0 amide bonds. The van der Waals surface area contributed by atoms with Crippen molar-refractivity contribution in [2.24, 2.45) is 0 Å². The van der Waals surface area contributed by atoms with Crippen LogP contribution in [0.2, 0.25) is 0 Å². The Kier molecular flexibility index (Phi) is 12.0. The third-order valence-corrected chi connectivity index (χ3v) is 7.77. The summed E-state index contributed by atoms with van der Waals surface area (Å²) in [5, 5.41) is 0. The Labute approximate surface area is 268 Å². The van der Waals surface area contributed by atoms with Gasteiger partial charge in [0.25, 0.3) is 0 Å². The molecule has 1 aliphatic heterocycles. The molecule has 0 atom stereocenters. The van der Waals surface area contributed by atoms with Crippen LogP contribution in [0.1, 0.15) is 57.5 Å². The molecular weight excluding hydrogens is 600 g/mol. The van der Waals surface area contributed by atoms with Crippen molar-refractivity contribution in [3.63, 3.8) is 0 Å². The van der Waals surface area contributed by atoms with E-state index in [9.17, 15) is 18.4 Å². The molecule has 1 aliphatic rings. The van der Waals surface area contributed by atoms with E-state index >= 15 is 0 Å². The minimum Gasteiger partial charge on any atom is -0.462 e. The van der Waals surface area contributed by atoms with E-state index in [1.54, 1.807) is 73.8 Å². The normalized spacial score (nSPS) is 13.3. The number of halogens is 3. The van der Waals surface area contributed by atoms with E-state index in [1.807, 2.05) is 0 Å². The topological polar surface area (TPSA) is 72.0 Å². The van der Waals surface area contributed by atoms with Gasteiger partial charge in [0.1, 0.15) is 28.8 Å². The molecular formula is C35H36ClF2N3O4. The number of aromatic nitrogens is 1. The molecule has 0 N–H and O–H groups in total. The molecule has 2 heterocycles. The number of pyridine rings is 1. The van der Waals surface area contributed by atoms with Crippen LogP contribution >= 0.6 is 12.4 Å². The summed E-state index contributed by atoms with van der Waals surface area (Å²) in [6.45, 7) is 5.91. The smallest absolute Gasteiger partial charge is 0.347 e. The van der Waals surface area contributed by atoms with Crippen LogP contribution in [-0.4, -0.2) is 61.2 Å². The number of ether oxygens (including phenoxy) is 2. The number of piperazine rings is 1. The van der Waals surface area contributed by atoms with Crippen molar-refractivity contribution in [3.05, 3.63) is 125 Å². The zero-order valence-corrected chi connectivity index (χ0v) is 25.8. The van der Waals surface area contributed by atoms with Crippen molar-refractivity contribution >= 4 is 30.2 Å². The molecule has 10 heteroatoms. The summed E-state index contributed by atoms with van der Waals surface area (Å²) < 4.78 is 37.8. The number of carbonyl (C=O) groups excluding carboxylic acids is 2. The van der Waals surface area contributed by atoms with Crippen LogP contribution in [0.4, 0.5) is 14.6 Å². The average Bonchev–Trinajstić information content (AvgIpc) is 3.05. The number of hydrogen-bond donors (Lipinski definition) is 0. The highest BCUT2D eigenvalue weighted by atomic mass is 35.5. The van der Waals surface area contributed by atoms with E-state index in [0.29, 0.717) is 35.8 Å². The largest absolute Gasteiger partial charge is 0.462 e. The van der Waals surface area contributed by atoms with Gasteiger partial charge in [-0.1, -0.05) is 24.3 Å². The highest BCUT2D eigenvalue weighted by molar-refractivity contribution is 5.96. The van der Waals surface area contributed by atoms with E-state index in [-0.39, 0.29) is 36.6 Å². The van der Waals surface area contributed by atoms with Gasteiger partial charge in [-0.05, 0) is 98.1 Å². The lowest BCUT2D eigenvalue weighted by Crippen LogP contribution is -2.47. The van der Waals surface area contributed by atoms with Crippen molar-refractivity contribution < 1.29 is 27.8 Å². The van der Waals surface area contributed by atoms with Crippen LogP contribution in [0.3, 0.4) is 0 Å². The van der Waals surface area contributed by atoms with Gasteiger partial charge >= 0.3 is 11.9 Å². The molecule has 5 rings (SSSR count). The van der Waals surface area contributed by atoms with E-state index in [4.69, 9.17) is 9.47 Å². The minimum absolute atomic E-state index is 0. The molecule has 0 bridgehead atoms. The van der Waals surface area contributed by atoms with Crippen molar-refractivity contribution in [3.8, 4) is 5.75 Å². The first-order valence-electron chi connectivity index (χ1n) is 14.8. The van der Waals surface area contributed by atoms with E-state index in [1.165, 1.54) is 24.3 Å². The second kappa shape index (κ2) is 16.1. The predicted octanol–water partition coefficient (Wildman–Crippen LogP) is 6.91. The monoisotopic (exact) mass is 635 g/mol. The summed E-state index contributed by atoms with van der Waals surface area (Å²) in [7, 11) is 0. The third kappa shape index (κ3) is 8.86. The van der Waals surface area contributed by atoms with Crippen LogP contribution in [-0.2, 0) is 4.74 Å². The highest BCUT2D eigenvalue weighted by Gasteiger charge is 2.24. The molecule has 0 unspecified atom stereocenters. The number of anilines is 1. The molecule has 3 aromatic carbocycles. The number of nitrogens with zero attached hydrogens (tertiary/aromatic N) is 3. The summed E-state index contributed by atoms with van der Waals surface area (Å²) in [5.41, 5.74) is 2.77. The van der Waals surface area contributed by atoms with Gasteiger partial charge in [-0.2, -0.15) is 0 Å². The maximum absolute atomic E-state index is 13.6. The Bertz CT molecular complexity index is 1500.